The highest BCUT2D eigenvalue weighted by Crippen LogP contribution is 2.27. The number of fused-ring (bicyclic) bond motifs is 1. The third kappa shape index (κ3) is 3.09. The Bertz CT molecular complexity index is 506. The Morgan fingerprint density at radius 3 is 2.61 bits per heavy atom. The third-order valence-electron chi connectivity index (χ3n) is 3.24. The Balaban J connectivity index is 0.000000810. The van der Waals surface area contributed by atoms with Crippen molar-refractivity contribution in [2.45, 2.75) is 18.8 Å². The molecule has 2 aromatic rings. The summed E-state index contributed by atoms with van der Waals surface area (Å²) < 4.78 is 0. The van der Waals surface area contributed by atoms with E-state index in [1.165, 1.54) is 18.5 Å². The zero-order valence-electron chi connectivity index (χ0n) is 9.78. The van der Waals surface area contributed by atoms with Crippen molar-refractivity contribution in [3.05, 3.63) is 29.0 Å². The maximum Gasteiger partial charge on any atom is 0.137 e. The molecule has 1 fully saturated rings. The highest BCUT2D eigenvalue weighted by molar-refractivity contribution is 6.31. The molecule has 1 aliphatic rings. The number of halogens is 3. The molecule has 0 aliphatic carbocycles. The lowest BCUT2D eigenvalue weighted by Crippen LogP contribution is -2.26. The Morgan fingerprint density at radius 2 is 1.89 bits per heavy atom. The van der Waals surface area contributed by atoms with Gasteiger partial charge in [0, 0.05) is 23.2 Å². The van der Waals surface area contributed by atoms with Crippen LogP contribution >= 0.6 is 36.4 Å². The van der Waals surface area contributed by atoms with Crippen LogP contribution in [-0.4, -0.2) is 23.1 Å². The van der Waals surface area contributed by atoms with Gasteiger partial charge < -0.3 is 10.3 Å². The topological polar surface area (TPSA) is 40.7 Å². The summed E-state index contributed by atoms with van der Waals surface area (Å²) in [5.41, 5.74) is 2.24. The molecular weight excluding hydrogens is 293 g/mol. The van der Waals surface area contributed by atoms with Crippen LogP contribution in [0.1, 0.15) is 24.5 Å². The van der Waals surface area contributed by atoms with Gasteiger partial charge in [-0.1, -0.05) is 11.6 Å². The van der Waals surface area contributed by atoms with E-state index in [0.29, 0.717) is 10.9 Å². The van der Waals surface area contributed by atoms with Crippen LogP contribution in [0.3, 0.4) is 0 Å². The number of H-pyrrole nitrogens is 1. The minimum absolute atomic E-state index is 0. The highest BCUT2D eigenvalue weighted by atomic mass is 35.5. The number of pyridine rings is 1. The largest absolute Gasteiger partial charge is 0.343 e. The third-order valence-corrected chi connectivity index (χ3v) is 3.44. The van der Waals surface area contributed by atoms with Crippen molar-refractivity contribution in [2.24, 2.45) is 0 Å². The Labute approximate surface area is 124 Å². The molecule has 18 heavy (non-hydrogen) atoms. The monoisotopic (exact) mass is 307 g/mol. The zero-order chi connectivity index (χ0) is 11.0. The van der Waals surface area contributed by atoms with E-state index in [0.717, 1.165) is 24.1 Å². The van der Waals surface area contributed by atoms with Crippen LogP contribution in [0.25, 0.3) is 11.0 Å². The van der Waals surface area contributed by atoms with Crippen molar-refractivity contribution in [1.29, 1.82) is 0 Å². The van der Waals surface area contributed by atoms with Crippen LogP contribution in [0.4, 0.5) is 0 Å². The summed E-state index contributed by atoms with van der Waals surface area (Å²) in [6, 6.07) is 4.15. The van der Waals surface area contributed by atoms with Crippen molar-refractivity contribution >= 4 is 47.4 Å². The van der Waals surface area contributed by atoms with E-state index in [2.05, 4.69) is 21.4 Å². The molecule has 1 aliphatic heterocycles. The lowest BCUT2D eigenvalue weighted by Gasteiger charge is -2.21. The van der Waals surface area contributed by atoms with Crippen LogP contribution in [0.15, 0.2) is 18.3 Å². The average molecular weight is 309 g/mol. The minimum Gasteiger partial charge on any atom is -0.343 e. The van der Waals surface area contributed by atoms with Gasteiger partial charge in [-0.2, -0.15) is 0 Å². The Morgan fingerprint density at radius 1 is 1.17 bits per heavy atom. The number of aromatic amines is 1. The number of hydrogen-bond acceptors (Lipinski definition) is 2. The van der Waals surface area contributed by atoms with Crippen LogP contribution in [0, 0.1) is 0 Å². The summed E-state index contributed by atoms with van der Waals surface area (Å²) in [7, 11) is 0. The van der Waals surface area contributed by atoms with E-state index in [9.17, 15) is 0 Å². The Kier molecular flexibility index (Phi) is 5.73. The molecule has 0 aromatic carbocycles. The first-order valence-corrected chi connectivity index (χ1v) is 6.05. The smallest absolute Gasteiger partial charge is 0.137 e. The standard InChI is InChI=1S/C12H14ClN3.2ClH/c13-10-5-9-6-11(16-12(9)15-7-10)8-1-3-14-4-2-8;;/h5-8,14H,1-4H2,(H,15,16);2*1H. The zero-order valence-corrected chi connectivity index (χ0v) is 12.2. The fraction of sp³-hybridized carbons (Fsp3) is 0.417. The highest BCUT2D eigenvalue weighted by Gasteiger charge is 2.17. The predicted octanol–water partition coefficient (Wildman–Crippen LogP) is 3.53. The molecular formula is C12H16Cl3N3. The molecule has 0 unspecified atom stereocenters. The summed E-state index contributed by atoms with van der Waals surface area (Å²) >= 11 is 5.93. The van der Waals surface area contributed by atoms with Crippen molar-refractivity contribution in [1.82, 2.24) is 15.3 Å². The van der Waals surface area contributed by atoms with E-state index in [1.54, 1.807) is 6.20 Å². The van der Waals surface area contributed by atoms with Gasteiger partial charge in [0.15, 0.2) is 0 Å². The van der Waals surface area contributed by atoms with Crippen LogP contribution < -0.4 is 5.32 Å². The van der Waals surface area contributed by atoms with Gasteiger partial charge in [0.25, 0.3) is 0 Å². The molecule has 0 spiro atoms. The van der Waals surface area contributed by atoms with Gasteiger partial charge in [-0.15, -0.1) is 24.8 Å². The molecule has 0 radical (unpaired) electrons. The number of nitrogens with zero attached hydrogens (tertiary/aromatic N) is 1. The van der Waals surface area contributed by atoms with E-state index < -0.39 is 0 Å². The first-order chi connectivity index (χ1) is 7.83. The maximum atomic E-state index is 5.93. The van der Waals surface area contributed by atoms with Gasteiger partial charge in [-0.25, -0.2) is 4.98 Å². The maximum absolute atomic E-state index is 5.93. The molecule has 3 heterocycles. The van der Waals surface area contributed by atoms with Crippen molar-refractivity contribution in [2.75, 3.05) is 13.1 Å². The summed E-state index contributed by atoms with van der Waals surface area (Å²) in [6.07, 6.45) is 4.08. The summed E-state index contributed by atoms with van der Waals surface area (Å²) in [5.74, 6) is 0.634. The van der Waals surface area contributed by atoms with Crippen LogP contribution in [0.2, 0.25) is 5.02 Å². The van der Waals surface area contributed by atoms with Gasteiger partial charge in [-0.05, 0) is 38.1 Å². The predicted molar refractivity (Wildman–Crippen MR) is 80.4 cm³/mol. The van der Waals surface area contributed by atoms with Crippen molar-refractivity contribution in [3.63, 3.8) is 0 Å². The van der Waals surface area contributed by atoms with Crippen LogP contribution in [-0.2, 0) is 0 Å². The fourth-order valence-electron chi connectivity index (χ4n) is 2.36. The van der Waals surface area contributed by atoms with E-state index in [-0.39, 0.29) is 24.8 Å². The molecule has 2 aromatic heterocycles. The molecule has 6 heteroatoms. The van der Waals surface area contributed by atoms with Gasteiger partial charge >= 0.3 is 0 Å². The molecule has 3 rings (SSSR count). The fourth-order valence-corrected chi connectivity index (χ4v) is 2.53. The van der Waals surface area contributed by atoms with Gasteiger partial charge in [0.1, 0.15) is 5.65 Å². The lowest BCUT2D eigenvalue weighted by atomic mass is 9.95. The van der Waals surface area contributed by atoms with Crippen molar-refractivity contribution < 1.29 is 0 Å². The minimum atomic E-state index is 0. The van der Waals surface area contributed by atoms with E-state index >= 15 is 0 Å². The van der Waals surface area contributed by atoms with Crippen LogP contribution in [0.5, 0.6) is 0 Å². The summed E-state index contributed by atoms with van der Waals surface area (Å²) in [4.78, 5) is 7.69. The first-order valence-electron chi connectivity index (χ1n) is 5.68. The molecule has 100 valence electrons. The lowest BCUT2D eigenvalue weighted by molar-refractivity contribution is 0.455. The first kappa shape index (κ1) is 15.6. The SMILES string of the molecule is Cl.Cl.Clc1cnc2[nH]c(C3CCNCC3)cc2c1. The number of rotatable bonds is 1. The second-order valence-electron chi connectivity index (χ2n) is 4.34. The molecule has 1 saturated heterocycles. The summed E-state index contributed by atoms with van der Waals surface area (Å²) in [6.45, 7) is 2.21. The quantitative estimate of drug-likeness (QED) is 0.846. The van der Waals surface area contributed by atoms with E-state index in [4.69, 9.17) is 11.6 Å². The van der Waals surface area contributed by atoms with E-state index in [1.807, 2.05) is 6.07 Å². The average Bonchev–Trinajstić information content (AvgIpc) is 2.73. The van der Waals surface area contributed by atoms with Gasteiger partial charge in [-0.3, -0.25) is 0 Å². The molecule has 0 saturated carbocycles. The number of piperidine rings is 1. The van der Waals surface area contributed by atoms with Crippen molar-refractivity contribution in [3.8, 4) is 0 Å². The number of aromatic nitrogens is 2. The second kappa shape index (κ2) is 6.62. The second-order valence-corrected chi connectivity index (χ2v) is 4.78. The molecule has 3 nitrogen and oxygen atoms in total. The molecule has 0 bridgehead atoms. The molecule has 2 N–H and O–H groups in total. The summed E-state index contributed by atoms with van der Waals surface area (Å²) in [5, 5.41) is 5.19. The van der Waals surface area contributed by atoms with Gasteiger partial charge in [0.2, 0.25) is 0 Å². The molecule has 0 amide bonds. The van der Waals surface area contributed by atoms with Gasteiger partial charge in [0.05, 0.1) is 5.02 Å². The molecule has 0 atom stereocenters. The Hall–Kier alpha value is -0.480. The normalized spacial score (nSPS) is 16.1. The number of nitrogens with one attached hydrogen (secondary N) is 2. The number of hydrogen-bond donors (Lipinski definition) is 2.